The van der Waals surface area contributed by atoms with Crippen LogP contribution in [0.25, 0.3) is 11.3 Å². The van der Waals surface area contributed by atoms with Crippen LogP contribution < -0.4 is 0 Å². The van der Waals surface area contributed by atoms with E-state index in [9.17, 15) is 0 Å². The number of nitrogens with zero attached hydrogens (tertiary/aromatic N) is 2. The normalized spacial score (nSPS) is 18.8. The van der Waals surface area contributed by atoms with Gasteiger partial charge in [0.1, 0.15) is 0 Å². The number of halogens is 1. The number of hydrogen-bond donors (Lipinski definition) is 0. The molecule has 2 aromatic rings. The molecule has 118 valence electrons. The second-order valence-electron chi connectivity index (χ2n) is 5.81. The lowest BCUT2D eigenvalue weighted by Gasteiger charge is -2.26. The van der Waals surface area contributed by atoms with Gasteiger partial charge in [0.25, 0.3) is 0 Å². The van der Waals surface area contributed by atoms with E-state index in [2.05, 4.69) is 16.9 Å². The van der Waals surface area contributed by atoms with Crippen molar-refractivity contribution in [2.24, 2.45) is 0 Å². The molecule has 0 saturated carbocycles. The molecule has 1 aliphatic rings. The molecule has 1 saturated heterocycles. The van der Waals surface area contributed by atoms with Crippen molar-refractivity contribution >= 4 is 11.6 Å². The molecule has 0 N–H and O–H groups in total. The monoisotopic (exact) mass is 320 g/mol. The molecular formula is C17H21ClN2O2. The van der Waals surface area contributed by atoms with Crippen LogP contribution in [0.4, 0.5) is 0 Å². The van der Waals surface area contributed by atoms with E-state index in [-0.39, 0.29) is 0 Å². The van der Waals surface area contributed by atoms with E-state index in [4.69, 9.17) is 20.8 Å². The van der Waals surface area contributed by atoms with Crippen LogP contribution in [0.15, 0.2) is 34.9 Å². The molecule has 0 radical (unpaired) electrons. The predicted octanol–water partition coefficient (Wildman–Crippen LogP) is 4.00. The quantitative estimate of drug-likeness (QED) is 0.834. The van der Waals surface area contributed by atoms with Crippen molar-refractivity contribution in [2.75, 3.05) is 20.2 Å². The van der Waals surface area contributed by atoms with Crippen LogP contribution in [0, 0.1) is 0 Å². The molecule has 3 rings (SSSR count). The van der Waals surface area contributed by atoms with E-state index in [1.54, 1.807) is 6.20 Å². The largest absolute Gasteiger partial charge is 0.439 e. The van der Waals surface area contributed by atoms with Gasteiger partial charge in [-0.05, 0) is 38.4 Å². The Morgan fingerprint density at radius 1 is 1.36 bits per heavy atom. The maximum absolute atomic E-state index is 6.01. The average Bonchev–Trinajstić information content (AvgIpc) is 2.96. The van der Waals surface area contributed by atoms with Gasteiger partial charge in [-0.2, -0.15) is 0 Å². The summed E-state index contributed by atoms with van der Waals surface area (Å²) in [4.78, 5) is 6.56. The summed E-state index contributed by atoms with van der Waals surface area (Å²) in [5.74, 6) is 1.47. The van der Waals surface area contributed by atoms with E-state index < -0.39 is 0 Å². The number of likely N-dealkylation sites (N-methyl/N-ethyl adjacent to an activating group) is 1. The lowest BCUT2D eigenvalue weighted by Crippen LogP contribution is -2.33. The Morgan fingerprint density at radius 3 is 3.05 bits per heavy atom. The summed E-state index contributed by atoms with van der Waals surface area (Å²) in [6, 6.07) is 7.61. The minimum absolute atomic E-state index is 0.334. The van der Waals surface area contributed by atoms with Gasteiger partial charge in [-0.15, -0.1) is 0 Å². The van der Waals surface area contributed by atoms with Crippen LogP contribution in [-0.4, -0.2) is 36.2 Å². The van der Waals surface area contributed by atoms with Gasteiger partial charge in [0.15, 0.2) is 5.76 Å². The SMILES string of the molecule is CN(Cc1ncc(-c2cccc(Cl)c2)o1)CC1CCCCO1. The third-order valence-corrected chi connectivity index (χ3v) is 4.09. The van der Waals surface area contributed by atoms with E-state index in [1.165, 1.54) is 12.8 Å². The van der Waals surface area contributed by atoms with Gasteiger partial charge in [0.2, 0.25) is 5.89 Å². The topological polar surface area (TPSA) is 38.5 Å². The zero-order valence-electron chi connectivity index (χ0n) is 12.8. The molecule has 22 heavy (non-hydrogen) atoms. The van der Waals surface area contributed by atoms with Crippen LogP contribution in [0.1, 0.15) is 25.2 Å². The van der Waals surface area contributed by atoms with Crippen molar-refractivity contribution in [2.45, 2.75) is 31.9 Å². The van der Waals surface area contributed by atoms with Gasteiger partial charge in [-0.25, -0.2) is 4.98 Å². The lowest BCUT2D eigenvalue weighted by molar-refractivity contribution is -0.00357. The molecule has 0 spiro atoms. The maximum atomic E-state index is 6.01. The van der Waals surface area contributed by atoms with Crippen molar-refractivity contribution in [3.63, 3.8) is 0 Å². The molecule has 1 aromatic carbocycles. The number of rotatable bonds is 5. The molecular weight excluding hydrogens is 300 g/mol. The fraction of sp³-hybridized carbons (Fsp3) is 0.471. The molecule has 2 heterocycles. The van der Waals surface area contributed by atoms with Gasteiger partial charge < -0.3 is 9.15 Å². The number of oxazole rings is 1. The number of ether oxygens (including phenoxy) is 1. The van der Waals surface area contributed by atoms with Gasteiger partial charge in [-0.3, -0.25) is 4.90 Å². The summed E-state index contributed by atoms with van der Waals surface area (Å²) in [6.07, 6.45) is 5.68. The Morgan fingerprint density at radius 2 is 2.27 bits per heavy atom. The zero-order valence-corrected chi connectivity index (χ0v) is 13.6. The summed E-state index contributed by atoms with van der Waals surface area (Å²) in [5, 5.41) is 0.696. The minimum atomic E-state index is 0.334. The highest BCUT2D eigenvalue weighted by molar-refractivity contribution is 6.30. The smallest absolute Gasteiger partial charge is 0.209 e. The van der Waals surface area contributed by atoms with E-state index in [0.29, 0.717) is 23.6 Å². The summed E-state index contributed by atoms with van der Waals surface area (Å²) in [5.41, 5.74) is 0.949. The van der Waals surface area contributed by atoms with E-state index >= 15 is 0 Å². The van der Waals surface area contributed by atoms with Crippen molar-refractivity contribution in [3.8, 4) is 11.3 Å². The van der Waals surface area contributed by atoms with Crippen LogP contribution in [0.3, 0.4) is 0 Å². The number of benzene rings is 1. The fourth-order valence-corrected chi connectivity index (χ4v) is 2.94. The van der Waals surface area contributed by atoms with Crippen molar-refractivity contribution in [1.29, 1.82) is 0 Å². The molecule has 5 heteroatoms. The van der Waals surface area contributed by atoms with Gasteiger partial charge >= 0.3 is 0 Å². The fourth-order valence-electron chi connectivity index (χ4n) is 2.75. The van der Waals surface area contributed by atoms with Crippen LogP contribution in [-0.2, 0) is 11.3 Å². The molecule has 4 nitrogen and oxygen atoms in total. The first-order chi connectivity index (χ1) is 10.7. The Labute approximate surface area is 136 Å². The van der Waals surface area contributed by atoms with Crippen LogP contribution in [0.2, 0.25) is 5.02 Å². The average molecular weight is 321 g/mol. The van der Waals surface area contributed by atoms with Gasteiger partial charge in [0.05, 0.1) is 18.8 Å². The summed E-state index contributed by atoms with van der Waals surface area (Å²) in [6.45, 7) is 2.48. The first-order valence-electron chi connectivity index (χ1n) is 7.71. The Balaban J connectivity index is 1.59. The van der Waals surface area contributed by atoms with Crippen LogP contribution >= 0.6 is 11.6 Å². The molecule has 1 aromatic heterocycles. The highest BCUT2D eigenvalue weighted by Crippen LogP contribution is 2.24. The Hall–Kier alpha value is -1.36. The van der Waals surface area contributed by atoms with E-state index in [1.807, 2.05) is 24.3 Å². The maximum Gasteiger partial charge on any atom is 0.209 e. The molecule has 0 amide bonds. The van der Waals surface area contributed by atoms with Crippen molar-refractivity contribution in [1.82, 2.24) is 9.88 Å². The van der Waals surface area contributed by atoms with Gasteiger partial charge in [-0.1, -0.05) is 23.7 Å². The zero-order chi connectivity index (χ0) is 15.4. The molecule has 1 atom stereocenters. The first-order valence-corrected chi connectivity index (χ1v) is 8.09. The van der Waals surface area contributed by atoms with Crippen molar-refractivity contribution < 1.29 is 9.15 Å². The molecule has 0 bridgehead atoms. The molecule has 0 aliphatic carbocycles. The molecule has 1 aliphatic heterocycles. The summed E-state index contributed by atoms with van der Waals surface area (Å²) < 4.78 is 11.6. The second-order valence-corrected chi connectivity index (χ2v) is 6.25. The third-order valence-electron chi connectivity index (χ3n) is 3.86. The van der Waals surface area contributed by atoms with Gasteiger partial charge in [0, 0.05) is 23.7 Å². The summed E-state index contributed by atoms with van der Waals surface area (Å²) >= 11 is 6.01. The number of hydrogen-bond acceptors (Lipinski definition) is 4. The molecule has 1 unspecified atom stereocenters. The second kappa shape index (κ2) is 7.27. The standard InChI is InChI=1S/C17H21ClN2O2/c1-20(11-15-7-2-3-8-21-15)12-17-19-10-16(22-17)13-5-4-6-14(18)9-13/h4-6,9-10,15H,2-3,7-8,11-12H2,1H3. The summed E-state index contributed by atoms with van der Waals surface area (Å²) in [7, 11) is 2.07. The van der Waals surface area contributed by atoms with Crippen LogP contribution in [0.5, 0.6) is 0 Å². The highest BCUT2D eigenvalue weighted by Gasteiger charge is 2.17. The lowest BCUT2D eigenvalue weighted by atomic mass is 10.1. The molecule has 1 fully saturated rings. The Kier molecular flexibility index (Phi) is 5.13. The van der Waals surface area contributed by atoms with E-state index in [0.717, 1.165) is 30.9 Å². The number of aromatic nitrogens is 1. The Bertz CT molecular complexity index is 608. The first kappa shape index (κ1) is 15.5. The predicted molar refractivity (Wildman–Crippen MR) is 86.9 cm³/mol. The minimum Gasteiger partial charge on any atom is -0.439 e. The highest BCUT2D eigenvalue weighted by atomic mass is 35.5. The van der Waals surface area contributed by atoms with Crippen molar-refractivity contribution in [3.05, 3.63) is 41.4 Å². The third kappa shape index (κ3) is 4.09.